The minimum atomic E-state index is -3.50. The maximum atomic E-state index is 11.8. The molecule has 1 N–H and O–H groups in total. The molecule has 1 heterocycles. The van der Waals surface area contributed by atoms with Crippen molar-refractivity contribution in [3.05, 3.63) is 24.4 Å². The summed E-state index contributed by atoms with van der Waals surface area (Å²) in [5.74, 6) is -0.879. The molecule has 0 aromatic carbocycles. The number of aliphatic carboxylic acids is 1. The highest BCUT2D eigenvalue weighted by Crippen LogP contribution is 2.13. The molecule has 0 saturated heterocycles. The highest BCUT2D eigenvalue weighted by molar-refractivity contribution is 7.92. The van der Waals surface area contributed by atoms with Gasteiger partial charge in [-0.15, -0.1) is 0 Å². The van der Waals surface area contributed by atoms with Crippen molar-refractivity contribution in [1.82, 2.24) is 4.98 Å². The van der Waals surface area contributed by atoms with Gasteiger partial charge in [-0.2, -0.15) is 0 Å². The van der Waals surface area contributed by atoms with Crippen LogP contribution in [0.3, 0.4) is 0 Å². The van der Waals surface area contributed by atoms with E-state index in [1.165, 1.54) is 13.2 Å². The maximum Gasteiger partial charge on any atom is 0.303 e. The van der Waals surface area contributed by atoms with Gasteiger partial charge in [0.2, 0.25) is 10.0 Å². The number of nitrogens with zero attached hydrogens (tertiary/aromatic N) is 2. The zero-order chi connectivity index (χ0) is 12.9. The van der Waals surface area contributed by atoms with Crippen LogP contribution < -0.4 is 4.31 Å². The van der Waals surface area contributed by atoms with Crippen LogP contribution >= 0.6 is 0 Å². The standard InChI is InChI=1S/C10H14N2O4S/c1-12(9-5-2-3-7-11-9)17(15,16)8-4-6-10(13)14/h2-3,5,7H,4,6,8H2,1H3,(H,13,14). The third kappa shape index (κ3) is 4.03. The molecule has 0 saturated carbocycles. The van der Waals surface area contributed by atoms with Crippen LogP contribution in [-0.2, 0) is 14.8 Å². The van der Waals surface area contributed by atoms with Gasteiger partial charge in [0, 0.05) is 19.7 Å². The van der Waals surface area contributed by atoms with Crippen LogP contribution in [0.25, 0.3) is 0 Å². The third-order valence-electron chi connectivity index (χ3n) is 2.18. The van der Waals surface area contributed by atoms with Gasteiger partial charge in [0.1, 0.15) is 5.82 Å². The normalized spacial score (nSPS) is 11.1. The van der Waals surface area contributed by atoms with Crippen LogP contribution in [0.4, 0.5) is 5.82 Å². The van der Waals surface area contributed by atoms with Gasteiger partial charge in [0.05, 0.1) is 5.75 Å². The Kier molecular flexibility index (Phi) is 4.45. The monoisotopic (exact) mass is 258 g/mol. The SMILES string of the molecule is CN(c1ccccn1)S(=O)(=O)CCCC(=O)O. The molecular weight excluding hydrogens is 244 g/mol. The Bertz CT molecular complexity index is 472. The van der Waals surface area contributed by atoms with Gasteiger partial charge < -0.3 is 5.11 Å². The summed E-state index contributed by atoms with van der Waals surface area (Å²) in [5, 5.41) is 8.45. The number of pyridine rings is 1. The quantitative estimate of drug-likeness (QED) is 0.812. The molecule has 1 aromatic rings. The van der Waals surface area contributed by atoms with Crippen molar-refractivity contribution in [3.63, 3.8) is 0 Å². The van der Waals surface area contributed by atoms with E-state index in [0.717, 1.165) is 4.31 Å². The molecule has 94 valence electrons. The molecule has 0 amide bonds. The number of aromatic nitrogens is 1. The zero-order valence-corrected chi connectivity index (χ0v) is 10.2. The fourth-order valence-corrected chi connectivity index (χ4v) is 2.40. The summed E-state index contributed by atoms with van der Waals surface area (Å²) >= 11 is 0. The van der Waals surface area contributed by atoms with E-state index < -0.39 is 16.0 Å². The first-order valence-corrected chi connectivity index (χ1v) is 6.64. The number of carbonyl (C=O) groups is 1. The Morgan fingerprint density at radius 1 is 1.47 bits per heavy atom. The lowest BCUT2D eigenvalue weighted by atomic mass is 10.3. The number of sulfonamides is 1. The number of carboxylic acids is 1. The van der Waals surface area contributed by atoms with Gasteiger partial charge in [-0.3, -0.25) is 9.10 Å². The van der Waals surface area contributed by atoms with Crippen LogP contribution in [-0.4, -0.2) is 37.3 Å². The number of rotatable bonds is 6. The Hall–Kier alpha value is -1.63. The number of hydrogen-bond donors (Lipinski definition) is 1. The number of hydrogen-bond acceptors (Lipinski definition) is 4. The molecule has 0 bridgehead atoms. The summed E-state index contributed by atoms with van der Waals surface area (Å²) in [6.07, 6.45) is 1.43. The summed E-state index contributed by atoms with van der Waals surface area (Å²) in [6, 6.07) is 4.95. The minimum absolute atomic E-state index is 0.0921. The molecule has 0 aliphatic rings. The second-order valence-electron chi connectivity index (χ2n) is 3.47. The molecule has 1 aromatic heterocycles. The molecule has 7 heteroatoms. The highest BCUT2D eigenvalue weighted by Gasteiger charge is 2.19. The molecule has 0 atom stereocenters. The average molecular weight is 258 g/mol. The van der Waals surface area contributed by atoms with Gasteiger partial charge >= 0.3 is 5.97 Å². The second-order valence-corrected chi connectivity index (χ2v) is 5.59. The Morgan fingerprint density at radius 2 is 2.18 bits per heavy atom. The summed E-state index contributed by atoms with van der Waals surface area (Å²) in [5.41, 5.74) is 0. The van der Waals surface area contributed by atoms with Crippen molar-refractivity contribution < 1.29 is 18.3 Å². The van der Waals surface area contributed by atoms with Crippen LogP contribution in [0.5, 0.6) is 0 Å². The molecule has 0 fully saturated rings. The Labute approximate surface area is 100.0 Å². The summed E-state index contributed by atoms with van der Waals surface area (Å²) in [7, 11) is -2.10. The fraction of sp³-hybridized carbons (Fsp3) is 0.400. The summed E-state index contributed by atoms with van der Waals surface area (Å²) in [6.45, 7) is 0. The van der Waals surface area contributed by atoms with Gasteiger partial charge in [-0.05, 0) is 18.6 Å². The predicted molar refractivity (Wildman–Crippen MR) is 63.3 cm³/mol. The van der Waals surface area contributed by atoms with Gasteiger partial charge in [0.25, 0.3) is 0 Å². The number of anilines is 1. The van der Waals surface area contributed by atoms with Crippen molar-refractivity contribution in [1.29, 1.82) is 0 Å². The first kappa shape index (κ1) is 13.4. The molecule has 0 aliphatic heterocycles. The van der Waals surface area contributed by atoms with Crippen LogP contribution in [0, 0.1) is 0 Å². The summed E-state index contributed by atoms with van der Waals surface area (Å²) in [4.78, 5) is 14.2. The largest absolute Gasteiger partial charge is 0.481 e. The lowest BCUT2D eigenvalue weighted by Crippen LogP contribution is -2.29. The van der Waals surface area contributed by atoms with E-state index in [0.29, 0.717) is 5.82 Å². The lowest BCUT2D eigenvalue weighted by molar-refractivity contribution is -0.137. The van der Waals surface area contributed by atoms with E-state index in [1.54, 1.807) is 18.2 Å². The van der Waals surface area contributed by atoms with E-state index in [2.05, 4.69) is 4.98 Å². The minimum Gasteiger partial charge on any atom is -0.481 e. The number of carboxylic acid groups (broad SMARTS) is 1. The fourth-order valence-electron chi connectivity index (χ4n) is 1.23. The Morgan fingerprint density at radius 3 is 2.71 bits per heavy atom. The van der Waals surface area contributed by atoms with E-state index in [-0.39, 0.29) is 18.6 Å². The second kappa shape index (κ2) is 5.62. The molecule has 6 nitrogen and oxygen atoms in total. The summed E-state index contributed by atoms with van der Waals surface area (Å²) < 4.78 is 24.7. The molecule has 0 radical (unpaired) electrons. The lowest BCUT2D eigenvalue weighted by Gasteiger charge is -2.17. The predicted octanol–water partition coefficient (Wildman–Crippen LogP) is 0.712. The molecule has 0 spiro atoms. The van der Waals surface area contributed by atoms with E-state index in [4.69, 9.17) is 5.11 Å². The molecule has 0 aliphatic carbocycles. The van der Waals surface area contributed by atoms with Crippen LogP contribution in [0.15, 0.2) is 24.4 Å². The van der Waals surface area contributed by atoms with Crippen molar-refractivity contribution in [3.8, 4) is 0 Å². The third-order valence-corrected chi connectivity index (χ3v) is 4.01. The van der Waals surface area contributed by atoms with Crippen molar-refractivity contribution in [2.24, 2.45) is 0 Å². The van der Waals surface area contributed by atoms with E-state index in [1.807, 2.05) is 0 Å². The zero-order valence-electron chi connectivity index (χ0n) is 9.41. The Balaban J connectivity index is 2.68. The van der Waals surface area contributed by atoms with Crippen LogP contribution in [0.2, 0.25) is 0 Å². The molecule has 0 unspecified atom stereocenters. The smallest absolute Gasteiger partial charge is 0.303 e. The van der Waals surface area contributed by atoms with E-state index in [9.17, 15) is 13.2 Å². The topological polar surface area (TPSA) is 87.6 Å². The first-order valence-electron chi connectivity index (χ1n) is 5.03. The molecular formula is C10H14N2O4S. The van der Waals surface area contributed by atoms with Crippen molar-refractivity contribution in [2.75, 3.05) is 17.1 Å². The highest BCUT2D eigenvalue weighted by atomic mass is 32.2. The van der Waals surface area contributed by atoms with Crippen molar-refractivity contribution in [2.45, 2.75) is 12.8 Å². The van der Waals surface area contributed by atoms with Gasteiger partial charge in [0.15, 0.2) is 0 Å². The van der Waals surface area contributed by atoms with E-state index >= 15 is 0 Å². The van der Waals surface area contributed by atoms with Crippen molar-refractivity contribution >= 4 is 21.8 Å². The molecule has 1 rings (SSSR count). The first-order chi connectivity index (χ1) is 7.93. The average Bonchev–Trinajstić information content (AvgIpc) is 2.28. The van der Waals surface area contributed by atoms with Crippen LogP contribution in [0.1, 0.15) is 12.8 Å². The van der Waals surface area contributed by atoms with Gasteiger partial charge in [-0.1, -0.05) is 6.07 Å². The van der Waals surface area contributed by atoms with Gasteiger partial charge in [-0.25, -0.2) is 13.4 Å². The molecule has 17 heavy (non-hydrogen) atoms. The maximum absolute atomic E-state index is 11.8.